The van der Waals surface area contributed by atoms with Gasteiger partial charge in [0.1, 0.15) is 0 Å². The molecule has 2 rings (SSSR count). The van der Waals surface area contributed by atoms with Crippen LogP contribution in [0.3, 0.4) is 0 Å². The van der Waals surface area contributed by atoms with Crippen molar-refractivity contribution < 1.29 is 8.42 Å². The molecule has 3 atom stereocenters. The average molecular weight is 333 g/mol. The number of nitrogens with two attached hydrogens (primary N) is 2. The Kier molecular flexibility index (Phi) is 3.57. The largest absolute Gasteiger partial charge is 0.329 e. The van der Waals surface area contributed by atoms with Gasteiger partial charge in [-0.15, -0.1) is 0 Å². The molecule has 1 aliphatic rings. The van der Waals surface area contributed by atoms with Crippen LogP contribution in [0.5, 0.6) is 0 Å². The molecule has 0 amide bonds. The van der Waals surface area contributed by atoms with Crippen LogP contribution in [0.2, 0.25) is 0 Å². The zero-order valence-corrected chi connectivity index (χ0v) is 12.5. The standard InChI is InChI=1S/C12H17BrN2O2S/c1-2-18(16,17)11-10(12(11,15)7-14)8-3-5-9(13)6-4-8/h3-6,10-11H,2,7,14-15H2,1H3/t10-,11-,12+/m1/s1. The highest BCUT2D eigenvalue weighted by Gasteiger charge is 2.67. The summed E-state index contributed by atoms with van der Waals surface area (Å²) < 4.78 is 25.0. The fraction of sp³-hybridized carbons (Fsp3) is 0.500. The van der Waals surface area contributed by atoms with Crippen LogP contribution in [0.25, 0.3) is 0 Å². The second-order valence-electron chi connectivity index (χ2n) is 4.72. The monoisotopic (exact) mass is 332 g/mol. The summed E-state index contributed by atoms with van der Waals surface area (Å²) in [7, 11) is -3.17. The fourth-order valence-corrected chi connectivity index (χ4v) is 4.82. The van der Waals surface area contributed by atoms with Crippen LogP contribution in [-0.2, 0) is 9.84 Å². The topological polar surface area (TPSA) is 86.2 Å². The number of sulfone groups is 1. The second kappa shape index (κ2) is 4.59. The number of benzene rings is 1. The van der Waals surface area contributed by atoms with E-state index in [1.54, 1.807) is 6.92 Å². The summed E-state index contributed by atoms with van der Waals surface area (Å²) in [6, 6.07) is 7.58. The quantitative estimate of drug-likeness (QED) is 0.861. The van der Waals surface area contributed by atoms with E-state index in [9.17, 15) is 8.42 Å². The molecule has 0 aromatic heterocycles. The Labute approximate surface area is 116 Å². The predicted molar refractivity (Wildman–Crippen MR) is 76.1 cm³/mol. The van der Waals surface area contributed by atoms with Crippen molar-refractivity contribution in [2.75, 3.05) is 12.3 Å². The minimum Gasteiger partial charge on any atom is -0.329 e. The van der Waals surface area contributed by atoms with E-state index >= 15 is 0 Å². The highest BCUT2D eigenvalue weighted by Crippen LogP contribution is 2.53. The van der Waals surface area contributed by atoms with Crippen molar-refractivity contribution in [1.29, 1.82) is 0 Å². The number of hydrogen-bond donors (Lipinski definition) is 2. The SMILES string of the molecule is CCS(=O)(=O)[C@@H]1[C@@H](c2ccc(Br)cc2)[C@@]1(N)CN. The Bertz CT molecular complexity index is 544. The van der Waals surface area contributed by atoms with E-state index in [4.69, 9.17) is 11.5 Å². The third-order valence-electron chi connectivity index (χ3n) is 3.67. The molecule has 4 N–H and O–H groups in total. The van der Waals surface area contributed by atoms with Crippen molar-refractivity contribution in [3.05, 3.63) is 34.3 Å². The van der Waals surface area contributed by atoms with Crippen LogP contribution >= 0.6 is 15.9 Å². The first-order valence-corrected chi connectivity index (χ1v) is 8.33. The van der Waals surface area contributed by atoms with E-state index < -0.39 is 20.6 Å². The molecule has 0 heterocycles. The van der Waals surface area contributed by atoms with Gasteiger partial charge < -0.3 is 11.5 Å². The summed E-state index contributed by atoms with van der Waals surface area (Å²) in [5, 5.41) is -0.554. The molecule has 0 spiro atoms. The molecule has 4 nitrogen and oxygen atoms in total. The maximum absolute atomic E-state index is 12.0. The molecule has 100 valence electrons. The van der Waals surface area contributed by atoms with Gasteiger partial charge in [-0.1, -0.05) is 35.0 Å². The molecule has 6 heteroatoms. The summed E-state index contributed by atoms with van der Waals surface area (Å²) in [6.45, 7) is 1.82. The number of hydrogen-bond acceptors (Lipinski definition) is 4. The highest BCUT2D eigenvalue weighted by molar-refractivity contribution is 9.10. The van der Waals surface area contributed by atoms with Gasteiger partial charge in [-0.05, 0) is 17.7 Å². The molecule has 1 aromatic carbocycles. The maximum Gasteiger partial charge on any atom is 0.155 e. The van der Waals surface area contributed by atoms with Crippen LogP contribution in [0.1, 0.15) is 18.4 Å². The lowest BCUT2D eigenvalue weighted by Gasteiger charge is -2.07. The van der Waals surface area contributed by atoms with Crippen molar-refractivity contribution in [2.24, 2.45) is 11.5 Å². The van der Waals surface area contributed by atoms with Gasteiger partial charge in [0.05, 0.1) is 10.8 Å². The van der Waals surface area contributed by atoms with Crippen LogP contribution in [0.15, 0.2) is 28.7 Å². The summed E-state index contributed by atoms with van der Waals surface area (Å²) in [5.74, 6) is -0.0931. The molecule has 18 heavy (non-hydrogen) atoms. The van der Waals surface area contributed by atoms with E-state index in [-0.39, 0.29) is 18.2 Å². The summed E-state index contributed by atoms with van der Waals surface area (Å²) >= 11 is 3.35. The molecular weight excluding hydrogens is 316 g/mol. The minimum atomic E-state index is -3.17. The fourth-order valence-electron chi connectivity index (χ4n) is 2.54. The Morgan fingerprint density at radius 2 is 1.89 bits per heavy atom. The molecule has 0 bridgehead atoms. The molecule has 1 aliphatic carbocycles. The van der Waals surface area contributed by atoms with E-state index in [1.165, 1.54) is 0 Å². The van der Waals surface area contributed by atoms with Crippen molar-refractivity contribution in [1.82, 2.24) is 0 Å². The first-order chi connectivity index (χ1) is 8.36. The Hall–Kier alpha value is -0.430. The lowest BCUT2D eigenvalue weighted by Crippen LogP contribution is -2.39. The Morgan fingerprint density at radius 1 is 1.33 bits per heavy atom. The van der Waals surface area contributed by atoms with E-state index in [1.807, 2.05) is 24.3 Å². The van der Waals surface area contributed by atoms with Gasteiger partial charge >= 0.3 is 0 Å². The van der Waals surface area contributed by atoms with Gasteiger partial charge in [0.15, 0.2) is 9.84 Å². The first-order valence-electron chi connectivity index (χ1n) is 5.83. The van der Waals surface area contributed by atoms with Gasteiger partial charge in [0, 0.05) is 22.7 Å². The van der Waals surface area contributed by atoms with Gasteiger partial charge in [0.25, 0.3) is 0 Å². The van der Waals surface area contributed by atoms with Crippen LogP contribution in [0.4, 0.5) is 0 Å². The smallest absolute Gasteiger partial charge is 0.155 e. The summed E-state index contributed by atoms with van der Waals surface area (Å²) in [6.07, 6.45) is 0. The number of halogens is 1. The molecule has 1 fully saturated rings. The lowest BCUT2D eigenvalue weighted by molar-refractivity contribution is 0.587. The second-order valence-corrected chi connectivity index (χ2v) is 8.04. The maximum atomic E-state index is 12.0. The van der Waals surface area contributed by atoms with Gasteiger partial charge in [-0.2, -0.15) is 0 Å². The molecule has 1 saturated carbocycles. The molecule has 0 saturated heterocycles. The van der Waals surface area contributed by atoms with Gasteiger partial charge in [-0.25, -0.2) is 8.42 Å². The van der Waals surface area contributed by atoms with Crippen LogP contribution < -0.4 is 11.5 Å². The van der Waals surface area contributed by atoms with Crippen LogP contribution in [0, 0.1) is 0 Å². The zero-order valence-electron chi connectivity index (χ0n) is 10.1. The van der Waals surface area contributed by atoms with Crippen molar-refractivity contribution in [3.63, 3.8) is 0 Å². The predicted octanol–water partition coefficient (Wildman–Crippen LogP) is 1.01. The Morgan fingerprint density at radius 3 is 2.33 bits per heavy atom. The summed E-state index contributed by atoms with van der Waals surface area (Å²) in [4.78, 5) is 0. The molecule has 1 aromatic rings. The average Bonchev–Trinajstić information content (AvgIpc) is 2.98. The highest BCUT2D eigenvalue weighted by atomic mass is 79.9. The Balaban J connectivity index is 2.37. The van der Waals surface area contributed by atoms with Crippen LogP contribution in [-0.4, -0.2) is 31.5 Å². The molecule has 0 aliphatic heterocycles. The van der Waals surface area contributed by atoms with E-state index in [2.05, 4.69) is 15.9 Å². The lowest BCUT2D eigenvalue weighted by atomic mass is 10.1. The summed E-state index contributed by atoms with van der Waals surface area (Å²) in [5.41, 5.74) is 11.9. The van der Waals surface area contributed by atoms with Crippen molar-refractivity contribution >= 4 is 25.8 Å². The normalized spacial score (nSPS) is 31.3. The molecule has 0 unspecified atom stereocenters. The minimum absolute atomic E-state index is 0.101. The van der Waals surface area contributed by atoms with Crippen molar-refractivity contribution in [2.45, 2.75) is 23.6 Å². The molecular formula is C12H17BrN2O2S. The van der Waals surface area contributed by atoms with Gasteiger partial charge in [-0.3, -0.25) is 0 Å². The van der Waals surface area contributed by atoms with E-state index in [0.717, 1.165) is 10.0 Å². The van der Waals surface area contributed by atoms with E-state index in [0.29, 0.717) is 0 Å². The zero-order chi connectivity index (χ0) is 13.6. The third kappa shape index (κ3) is 2.11. The first kappa shape index (κ1) is 14.0. The molecule has 0 radical (unpaired) electrons. The van der Waals surface area contributed by atoms with Gasteiger partial charge in [0.2, 0.25) is 0 Å². The van der Waals surface area contributed by atoms with Crippen molar-refractivity contribution in [3.8, 4) is 0 Å². The number of rotatable bonds is 4. The third-order valence-corrected chi connectivity index (χ3v) is 6.49.